The summed E-state index contributed by atoms with van der Waals surface area (Å²) in [7, 11) is 0. The maximum Gasteiger partial charge on any atom is -0.0208 e. The van der Waals surface area contributed by atoms with Gasteiger partial charge in [-0.15, -0.1) is 6.58 Å². The third-order valence-corrected chi connectivity index (χ3v) is 2.95. The van der Waals surface area contributed by atoms with E-state index in [4.69, 9.17) is 0 Å². The van der Waals surface area contributed by atoms with Crippen LogP contribution in [-0.2, 0) is 0 Å². The summed E-state index contributed by atoms with van der Waals surface area (Å²) in [5, 5.41) is 0. The van der Waals surface area contributed by atoms with Gasteiger partial charge in [-0.2, -0.15) is 0 Å². The SMILES string of the molecule is C=CC1CCCC1CCCC. The summed E-state index contributed by atoms with van der Waals surface area (Å²) >= 11 is 0. The summed E-state index contributed by atoms with van der Waals surface area (Å²) in [4.78, 5) is 0. The Hall–Kier alpha value is -0.260. The van der Waals surface area contributed by atoms with Gasteiger partial charge in [0.15, 0.2) is 0 Å². The lowest BCUT2D eigenvalue weighted by Crippen LogP contribution is -2.04. The van der Waals surface area contributed by atoms with Crippen LogP contribution in [0.3, 0.4) is 0 Å². The molecular formula is C11H20. The van der Waals surface area contributed by atoms with E-state index in [9.17, 15) is 0 Å². The number of unbranched alkanes of at least 4 members (excludes halogenated alkanes) is 1. The number of hydrogen-bond acceptors (Lipinski definition) is 0. The van der Waals surface area contributed by atoms with Crippen LogP contribution in [-0.4, -0.2) is 0 Å². The van der Waals surface area contributed by atoms with Crippen molar-refractivity contribution in [1.29, 1.82) is 0 Å². The van der Waals surface area contributed by atoms with Crippen molar-refractivity contribution in [1.82, 2.24) is 0 Å². The largest absolute Gasteiger partial charge is 0.103 e. The van der Waals surface area contributed by atoms with Gasteiger partial charge in [-0.1, -0.05) is 32.3 Å². The molecule has 0 heterocycles. The van der Waals surface area contributed by atoms with Gasteiger partial charge < -0.3 is 0 Å². The Balaban J connectivity index is 2.25. The summed E-state index contributed by atoms with van der Waals surface area (Å²) in [5.74, 6) is 1.83. The van der Waals surface area contributed by atoms with Gasteiger partial charge in [0.25, 0.3) is 0 Å². The summed E-state index contributed by atoms with van der Waals surface area (Å²) in [6.07, 6.45) is 10.7. The zero-order valence-electron chi connectivity index (χ0n) is 7.68. The second kappa shape index (κ2) is 4.58. The van der Waals surface area contributed by atoms with Crippen LogP contribution in [0.25, 0.3) is 0 Å². The molecule has 2 atom stereocenters. The molecule has 2 unspecified atom stereocenters. The van der Waals surface area contributed by atoms with Crippen LogP contribution in [0.1, 0.15) is 45.4 Å². The molecule has 1 aliphatic carbocycles. The predicted molar refractivity (Wildman–Crippen MR) is 50.6 cm³/mol. The van der Waals surface area contributed by atoms with Crippen LogP contribution in [0, 0.1) is 11.8 Å². The monoisotopic (exact) mass is 152 g/mol. The van der Waals surface area contributed by atoms with E-state index in [1.54, 1.807) is 0 Å². The van der Waals surface area contributed by atoms with Crippen LogP contribution in [0.5, 0.6) is 0 Å². The summed E-state index contributed by atoms with van der Waals surface area (Å²) in [6.45, 7) is 6.18. The molecule has 0 heteroatoms. The Bertz CT molecular complexity index is 115. The molecule has 0 spiro atoms. The van der Waals surface area contributed by atoms with Crippen LogP contribution in [0.2, 0.25) is 0 Å². The topological polar surface area (TPSA) is 0 Å². The first-order chi connectivity index (χ1) is 5.38. The lowest BCUT2D eigenvalue weighted by atomic mass is 9.91. The van der Waals surface area contributed by atoms with Crippen molar-refractivity contribution in [3.05, 3.63) is 12.7 Å². The molecule has 0 aromatic heterocycles. The predicted octanol–water partition coefficient (Wildman–Crippen LogP) is 3.78. The van der Waals surface area contributed by atoms with Crippen molar-refractivity contribution in [2.75, 3.05) is 0 Å². The van der Waals surface area contributed by atoms with Crippen LogP contribution >= 0.6 is 0 Å². The molecule has 0 aliphatic heterocycles. The summed E-state index contributed by atoms with van der Waals surface area (Å²) in [6, 6.07) is 0. The average molecular weight is 152 g/mol. The van der Waals surface area contributed by atoms with Crippen LogP contribution < -0.4 is 0 Å². The van der Waals surface area contributed by atoms with Gasteiger partial charge in [0, 0.05) is 0 Å². The smallest absolute Gasteiger partial charge is 0.0208 e. The zero-order chi connectivity index (χ0) is 8.10. The summed E-state index contributed by atoms with van der Waals surface area (Å²) < 4.78 is 0. The van der Waals surface area contributed by atoms with Crippen molar-refractivity contribution in [3.8, 4) is 0 Å². The standard InChI is InChI=1S/C11H20/c1-3-5-7-11-9-6-8-10(11)4-2/h4,10-11H,2-3,5-9H2,1H3. The molecule has 11 heavy (non-hydrogen) atoms. The van der Waals surface area contributed by atoms with Crippen molar-refractivity contribution in [2.24, 2.45) is 11.8 Å². The maximum atomic E-state index is 3.90. The van der Waals surface area contributed by atoms with Gasteiger partial charge >= 0.3 is 0 Å². The zero-order valence-corrected chi connectivity index (χ0v) is 7.68. The molecule has 0 amide bonds. The van der Waals surface area contributed by atoms with E-state index in [1.165, 1.54) is 38.5 Å². The fraction of sp³-hybridized carbons (Fsp3) is 0.818. The number of rotatable bonds is 4. The average Bonchev–Trinajstić information content (AvgIpc) is 2.47. The van der Waals surface area contributed by atoms with E-state index in [-0.39, 0.29) is 0 Å². The first-order valence-electron chi connectivity index (χ1n) is 5.01. The molecule has 64 valence electrons. The molecule has 1 aliphatic rings. The molecule has 0 radical (unpaired) electrons. The Morgan fingerprint density at radius 3 is 2.91 bits per heavy atom. The maximum absolute atomic E-state index is 3.90. The van der Waals surface area contributed by atoms with Crippen molar-refractivity contribution in [3.63, 3.8) is 0 Å². The fourth-order valence-electron chi connectivity index (χ4n) is 2.20. The molecule has 1 rings (SSSR count). The first-order valence-corrected chi connectivity index (χ1v) is 5.01. The van der Waals surface area contributed by atoms with E-state index >= 15 is 0 Å². The van der Waals surface area contributed by atoms with Gasteiger partial charge in [0.1, 0.15) is 0 Å². The molecule has 0 bridgehead atoms. The fourth-order valence-corrected chi connectivity index (χ4v) is 2.20. The van der Waals surface area contributed by atoms with Crippen molar-refractivity contribution >= 4 is 0 Å². The first kappa shape index (κ1) is 8.83. The molecular weight excluding hydrogens is 132 g/mol. The molecule has 0 N–H and O–H groups in total. The van der Waals surface area contributed by atoms with Gasteiger partial charge in [-0.05, 0) is 31.1 Å². The third kappa shape index (κ3) is 2.36. The molecule has 0 saturated heterocycles. The van der Waals surface area contributed by atoms with E-state index in [0.717, 1.165) is 11.8 Å². The molecule has 0 nitrogen and oxygen atoms in total. The molecule has 0 aromatic carbocycles. The minimum absolute atomic E-state index is 0.849. The highest BCUT2D eigenvalue weighted by atomic mass is 14.3. The number of allylic oxidation sites excluding steroid dienone is 1. The van der Waals surface area contributed by atoms with Crippen molar-refractivity contribution in [2.45, 2.75) is 45.4 Å². The third-order valence-electron chi connectivity index (χ3n) is 2.95. The van der Waals surface area contributed by atoms with Gasteiger partial charge in [-0.25, -0.2) is 0 Å². The minimum Gasteiger partial charge on any atom is -0.103 e. The van der Waals surface area contributed by atoms with Crippen LogP contribution in [0.15, 0.2) is 12.7 Å². The Kier molecular flexibility index (Phi) is 3.68. The van der Waals surface area contributed by atoms with Gasteiger partial charge in [0.05, 0.1) is 0 Å². The second-order valence-corrected chi connectivity index (χ2v) is 3.73. The highest BCUT2D eigenvalue weighted by Gasteiger charge is 2.23. The molecule has 0 aromatic rings. The van der Waals surface area contributed by atoms with E-state index in [2.05, 4.69) is 19.6 Å². The lowest BCUT2D eigenvalue weighted by molar-refractivity contribution is 0.412. The van der Waals surface area contributed by atoms with E-state index in [0.29, 0.717) is 0 Å². The van der Waals surface area contributed by atoms with Crippen molar-refractivity contribution < 1.29 is 0 Å². The Morgan fingerprint density at radius 2 is 2.27 bits per heavy atom. The Labute approximate surface area is 70.7 Å². The Morgan fingerprint density at radius 1 is 1.45 bits per heavy atom. The lowest BCUT2D eigenvalue weighted by Gasteiger charge is -2.14. The normalized spacial score (nSPS) is 30.6. The van der Waals surface area contributed by atoms with Gasteiger partial charge in [-0.3, -0.25) is 0 Å². The second-order valence-electron chi connectivity index (χ2n) is 3.73. The van der Waals surface area contributed by atoms with Crippen LogP contribution in [0.4, 0.5) is 0 Å². The molecule has 1 fully saturated rings. The van der Waals surface area contributed by atoms with Gasteiger partial charge in [0.2, 0.25) is 0 Å². The summed E-state index contributed by atoms with van der Waals surface area (Å²) in [5.41, 5.74) is 0. The van der Waals surface area contributed by atoms with E-state index < -0.39 is 0 Å². The quantitative estimate of drug-likeness (QED) is 0.538. The van der Waals surface area contributed by atoms with E-state index in [1.807, 2.05) is 0 Å². The molecule has 1 saturated carbocycles. The minimum atomic E-state index is 0.849. The highest BCUT2D eigenvalue weighted by Crippen LogP contribution is 2.35. The number of hydrogen-bond donors (Lipinski definition) is 0. The highest BCUT2D eigenvalue weighted by molar-refractivity contribution is 4.88.